The van der Waals surface area contributed by atoms with Gasteiger partial charge in [-0.05, 0) is 57.8 Å². The molecule has 0 spiro atoms. The zero-order chi connectivity index (χ0) is 60.9. The van der Waals surface area contributed by atoms with Crippen molar-refractivity contribution in [3.8, 4) is 0 Å². The van der Waals surface area contributed by atoms with E-state index in [-0.39, 0.29) is 18.9 Å². The van der Waals surface area contributed by atoms with Crippen molar-refractivity contribution in [2.75, 3.05) is 19.8 Å². The summed E-state index contributed by atoms with van der Waals surface area (Å²) in [4.78, 5) is 13.3. The van der Waals surface area contributed by atoms with Crippen LogP contribution in [0.2, 0.25) is 0 Å². The van der Waals surface area contributed by atoms with E-state index in [1.807, 2.05) is 6.08 Å². The first-order valence-electron chi connectivity index (χ1n) is 34.9. The van der Waals surface area contributed by atoms with E-state index in [1.54, 1.807) is 6.08 Å². The third-order valence-corrected chi connectivity index (χ3v) is 17.0. The van der Waals surface area contributed by atoms with Gasteiger partial charge in [-0.25, -0.2) is 0 Å². The van der Waals surface area contributed by atoms with E-state index in [0.29, 0.717) is 6.42 Å². The van der Waals surface area contributed by atoms with E-state index >= 15 is 0 Å². The normalized spacial score (nSPS) is 23.9. The fourth-order valence-electron chi connectivity index (χ4n) is 11.4. The molecule has 12 atom stereocenters. The highest BCUT2D eigenvalue weighted by Crippen LogP contribution is 2.30. The summed E-state index contributed by atoms with van der Waals surface area (Å²) >= 11 is 0. The van der Waals surface area contributed by atoms with Crippen LogP contribution >= 0.6 is 0 Å². The van der Waals surface area contributed by atoms with Crippen LogP contribution < -0.4 is 5.32 Å². The van der Waals surface area contributed by atoms with Crippen LogP contribution in [0, 0.1) is 0 Å². The van der Waals surface area contributed by atoms with Gasteiger partial charge in [0.2, 0.25) is 5.91 Å². The summed E-state index contributed by atoms with van der Waals surface area (Å²) in [6, 6.07) is -0.925. The molecule has 9 N–H and O–H groups in total. The SMILES string of the molecule is CCCCCCC/C=C\C/C=C\C/C=C\CCCCCCCCC(=O)NC(COC1OC(CO)C(OC2OC(CO)C(O)C(O)C2O)C(O)C1O)C(O)/C=C/CCCCCCCCCCCCCCCCCCCCCCCCCCCCC. The molecule has 2 aliphatic rings. The summed E-state index contributed by atoms with van der Waals surface area (Å²) in [6.07, 6.45) is 54.5. The van der Waals surface area contributed by atoms with E-state index in [0.717, 1.165) is 70.6 Å². The second-order valence-electron chi connectivity index (χ2n) is 24.7. The molecule has 14 nitrogen and oxygen atoms in total. The summed E-state index contributed by atoms with van der Waals surface area (Å²) < 4.78 is 22.8. The first kappa shape index (κ1) is 78.0. The molecule has 14 heteroatoms. The highest BCUT2D eigenvalue weighted by atomic mass is 16.7. The Morgan fingerprint density at radius 2 is 0.786 bits per heavy atom. The maximum Gasteiger partial charge on any atom is 0.220 e. The number of carbonyl (C=O) groups is 1. The minimum atomic E-state index is -1.79. The molecule has 2 saturated heterocycles. The fraction of sp³-hybridized carbons (Fsp3) is 0.871. The molecular weight excluding hydrogens is 1060 g/mol. The van der Waals surface area contributed by atoms with Gasteiger partial charge in [0, 0.05) is 6.42 Å². The summed E-state index contributed by atoms with van der Waals surface area (Å²) in [7, 11) is 0. The highest BCUT2D eigenvalue weighted by Gasteiger charge is 2.51. The van der Waals surface area contributed by atoms with Gasteiger partial charge in [0.05, 0.1) is 32.0 Å². The van der Waals surface area contributed by atoms with Gasteiger partial charge in [0.1, 0.15) is 48.8 Å². The van der Waals surface area contributed by atoms with Gasteiger partial charge in [-0.3, -0.25) is 4.79 Å². The van der Waals surface area contributed by atoms with Gasteiger partial charge in [-0.15, -0.1) is 0 Å². The Labute approximate surface area is 512 Å². The average Bonchev–Trinajstić information content (AvgIpc) is 3.18. The molecule has 0 aromatic carbocycles. The van der Waals surface area contributed by atoms with Crippen LogP contribution in [0.15, 0.2) is 48.6 Å². The molecule has 2 rings (SSSR count). The van der Waals surface area contributed by atoms with Gasteiger partial charge in [0.15, 0.2) is 12.6 Å². The predicted octanol–water partition coefficient (Wildman–Crippen LogP) is 13.9. The third kappa shape index (κ3) is 39.1. The summed E-state index contributed by atoms with van der Waals surface area (Å²) in [5.41, 5.74) is 0. The molecule has 0 aromatic rings. The number of unbranched alkanes of at least 4 members (excludes halogenated alkanes) is 38. The van der Waals surface area contributed by atoms with Crippen molar-refractivity contribution in [3.63, 3.8) is 0 Å². The zero-order valence-electron chi connectivity index (χ0n) is 53.4. The van der Waals surface area contributed by atoms with Crippen molar-refractivity contribution in [3.05, 3.63) is 48.6 Å². The minimum absolute atomic E-state index is 0.249. The number of amides is 1. The highest BCUT2D eigenvalue weighted by molar-refractivity contribution is 5.76. The number of hydrogen-bond donors (Lipinski definition) is 9. The lowest BCUT2D eigenvalue weighted by Crippen LogP contribution is -2.65. The molecular formula is C70H129NO13. The van der Waals surface area contributed by atoms with Crippen LogP contribution in [0.5, 0.6) is 0 Å². The number of aliphatic hydroxyl groups excluding tert-OH is 8. The van der Waals surface area contributed by atoms with Gasteiger partial charge in [0.25, 0.3) is 0 Å². The third-order valence-electron chi connectivity index (χ3n) is 17.0. The largest absolute Gasteiger partial charge is 0.394 e. The van der Waals surface area contributed by atoms with E-state index in [9.17, 15) is 45.6 Å². The van der Waals surface area contributed by atoms with Gasteiger partial charge in [-0.1, -0.05) is 281 Å². The van der Waals surface area contributed by atoms with Crippen LogP contribution in [0.25, 0.3) is 0 Å². The second kappa shape index (κ2) is 55.1. The first-order valence-corrected chi connectivity index (χ1v) is 34.9. The maximum atomic E-state index is 13.3. The Morgan fingerprint density at radius 1 is 0.429 bits per heavy atom. The van der Waals surface area contributed by atoms with Gasteiger partial charge in [-0.2, -0.15) is 0 Å². The number of ether oxygens (including phenoxy) is 4. The maximum absolute atomic E-state index is 13.3. The summed E-state index contributed by atoms with van der Waals surface area (Å²) in [5, 5.41) is 87.4. The van der Waals surface area contributed by atoms with Gasteiger partial charge < -0.3 is 65.1 Å². The summed E-state index contributed by atoms with van der Waals surface area (Å²) in [5.74, 6) is -0.249. The molecule has 2 fully saturated rings. The second-order valence-corrected chi connectivity index (χ2v) is 24.7. The van der Waals surface area contributed by atoms with Crippen molar-refractivity contribution in [2.24, 2.45) is 0 Å². The van der Waals surface area contributed by atoms with Gasteiger partial charge >= 0.3 is 0 Å². The molecule has 2 heterocycles. The average molecular weight is 1190 g/mol. The minimum Gasteiger partial charge on any atom is -0.394 e. The standard InChI is InChI=1S/C70H129NO13/c1-3-5-7-9-11-13-15-17-19-21-23-25-26-27-28-29-30-31-32-34-35-37-39-41-43-45-47-49-51-53-59(74)58(57-81-69-67(80)65(78)68(61(56-73)83-69)84-70-66(79)64(77)63(76)60(55-72)82-70)71-62(75)54-52-50-48-46-44-42-40-38-36-33-24-22-20-18-16-14-12-10-8-6-4-2/h16,18,22,24,36,38,51,53,58-61,63-70,72-74,76-80H,3-15,17,19-21,23,25-35,37,39-50,52,54-57H2,1-2H3,(H,71,75)/b18-16-,24-22-,38-36-,53-51+. The van der Waals surface area contributed by atoms with Crippen LogP contribution in [0.1, 0.15) is 296 Å². The number of rotatable bonds is 57. The smallest absolute Gasteiger partial charge is 0.220 e. The predicted molar refractivity (Wildman–Crippen MR) is 341 cm³/mol. The van der Waals surface area contributed by atoms with E-state index in [2.05, 4.69) is 55.6 Å². The molecule has 0 aromatic heterocycles. The fourth-order valence-corrected chi connectivity index (χ4v) is 11.4. The molecule has 0 aliphatic carbocycles. The number of carbonyl (C=O) groups excluding carboxylic acids is 1. The van der Waals surface area contributed by atoms with Crippen molar-refractivity contribution >= 4 is 5.91 Å². The number of aliphatic hydroxyl groups is 8. The Hall–Kier alpha value is -2.05. The number of hydrogen-bond acceptors (Lipinski definition) is 13. The lowest BCUT2D eigenvalue weighted by atomic mass is 9.97. The molecule has 492 valence electrons. The number of nitrogens with one attached hydrogen (secondary N) is 1. The molecule has 12 unspecified atom stereocenters. The van der Waals surface area contributed by atoms with Crippen LogP contribution in [0.4, 0.5) is 0 Å². The monoisotopic (exact) mass is 1190 g/mol. The molecule has 1 amide bonds. The molecule has 0 saturated carbocycles. The van der Waals surface area contributed by atoms with Crippen molar-refractivity contribution in [1.29, 1.82) is 0 Å². The lowest BCUT2D eigenvalue weighted by molar-refractivity contribution is -0.359. The molecule has 0 radical (unpaired) electrons. The van der Waals surface area contributed by atoms with Crippen molar-refractivity contribution in [1.82, 2.24) is 5.32 Å². The molecule has 2 aliphatic heterocycles. The van der Waals surface area contributed by atoms with Crippen molar-refractivity contribution in [2.45, 2.75) is 370 Å². The van der Waals surface area contributed by atoms with Crippen LogP contribution in [0.3, 0.4) is 0 Å². The number of allylic oxidation sites excluding steroid dienone is 7. The topological polar surface area (TPSA) is 228 Å². The van der Waals surface area contributed by atoms with E-state index < -0.39 is 86.8 Å². The van der Waals surface area contributed by atoms with Crippen LogP contribution in [-0.2, 0) is 23.7 Å². The first-order chi connectivity index (χ1) is 41.1. The van der Waals surface area contributed by atoms with E-state index in [4.69, 9.17) is 18.9 Å². The summed E-state index contributed by atoms with van der Waals surface area (Å²) in [6.45, 7) is 2.81. The molecule has 84 heavy (non-hydrogen) atoms. The lowest BCUT2D eigenvalue weighted by Gasteiger charge is -2.46. The van der Waals surface area contributed by atoms with Crippen molar-refractivity contribution < 1.29 is 64.6 Å². The Bertz CT molecular complexity index is 1590. The molecule has 0 bridgehead atoms. The quantitative estimate of drug-likeness (QED) is 0.0204. The Kier molecular flexibility index (Phi) is 51.1. The zero-order valence-corrected chi connectivity index (χ0v) is 53.4. The van der Waals surface area contributed by atoms with E-state index in [1.165, 1.54) is 199 Å². The van der Waals surface area contributed by atoms with Crippen LogP contribution in [-0.4, -0.2) is 140 Å². The Morgan fingerprint density at radius 3 is 1.20 bits per heavy atom. The Balaban J connectivity index is 1.69.